The van der Waals surface area contributed by atoms with Gasteiger partial charge in [0.1, 0.15) is 0 Å². The molecule has 0 bridgehead atoms. The number of carbonyl (C=O) groups excluding carboxylic acids is 1. The maximum atomic E-state index is 12.6. The van der Waals surface area contributed by atoms with E-state index in [1.165, 1.54) is 0 Å². The summed E-state index contributed by atoms with van der Waals surface area (Å²) in [5.74, 6) is 0.390. The second kappa shape index (κ2) is 8.40. The topological polar surface area (TPSA) is 55.1 Å². The Hall–Kier alpha value is -1.06. The molecule has 1 saturated carbocycles. The fraction of sp³-hybridized carbons (Fsp3) is 0.588. The third kappa shape index (κ3) is 5.01. The van der Waals surface area contributed by atoms with E-state index in [0.717, 1.165) is 31.2 Å². The molecule has 1 aliphatic rings. The smallest absolute Gasteiger partial charge is 0.228 e. The van der Waals surface area contributed by atoms with E-state index in [1.54, 1.807) is 0 Å². The Balaban J connectivity index is 0.00000220. The molecule has 1 aromatic carbocycles. The fourth-order valence-electron chi connectivity index (χ4n) is 3.05. The minimum atomic E-state index is -0.0631. The molecule has 0 aromatic heterocycles. The van der Waals surface area contributed by atoms with Crippen molar-refractivity contribution in [3.8, 4) is 0 Å². The lowest BCUT2D eigenvalue weighted by molar-refractivity contribution is -0.124. The molecule has 1 amide bonds. The zero-order chi connectivity index (χ0) is 14.5. The van der Waals surface area contributed by atoms with Crippen LogP contribution < -0.4 is 11.1 Å². The Morgan fingerprint density at radius 1 is 1.14 bits per heavy atom. The molecule has 0 radical (unpaired) electrons. The Morgan fingerprint density at radius 2 is 1.71 bits per heavy atom. The highest BCUT2D eigenvalue weighted by atomic mass is 35.5. The highest BCUT2D eigenvalue weighted by Crippen LogP contribution is 2.26. The number of benzene rings is 1. The number of halogens is 1. The van der Waals surface area contributed by atoms with E-state index < -0.39 is 0 Å². The van der Waals surface area contributed by atoms with Crippen LogP contribution in [0.3, 0.4) is 0 Å². The number of nitrogens with one attached hydrogen (secondary N) is 1. The highest BCUT2D eigenvalue weighted by molar-refractivity contribution is 5.85. The normalized spacial score (nSPS) is 23.2. The first-order valence-corrected chi connectivity index (χ1v) is 7.69. The van der Waals surface area contributed by atoms with Gasteiger partial charge in [-0.1, -0.05) is 44.2 Å². The zero-order valence-electron chi connectivity index (χ0n) is 12.9. The van der Waals surface area contributed by atoms with Gasteiger partial charge in [-0.3, -0.25) is 4.79 Å². The molecular weight excluding hydrogens is 284 g/mol. The highest BCUT2D eigenvalue weighted by Gasteiger charge is 2.27. The van der Waals surface area contributed by atoms with Crippen molar-refractivity contribution in [2.75, 3.05) is 0 Å². The first kappa shape index (κ1) is 18.0. The largest absolute Gasteiger partial charge is 0.353 e. The van der Waals surface area contributed by atoms with E-state index >= 15 is 0 Å². The predicted octanol–water partition coefficient (Wildman–Crippen LogP) is 3.23. The number of hydrogen-bond donors (Lipinski definition) is 2. The maximum Gasteiger partial charge on any atom is 0.228 e. The average Bonchev–Trinajstić information content (AvgIpc) is 2.42. The Morgan fingerprint density at radius 3 is 2.24 bits per heavy atom. The van der Waals surface area contributed by atoms with Crippen molar-refractivity contribution in [2.24, 2.45) is 11.7 Å². The van der Waals surface area contributed by atoms with Crippen molar-refractivity contribution in [1.82, 2.24) is 5.32 Å². The van der Waals surface area contributed by atoms with Gasteiger partial charge in [0.15, 0.2) is 0 Å². The molecule has 3 nitrogen and oxygen atoms in total. The van der Waals surface area contributed by atoms with Crippen molar-refractivity contribution in [3.05, 3.63) is 35.9 Å². The van der Waals surface area contributed by atoms with E-state index in [-0.39, 0.29) is 24.2 Å². The SMILES string of the molecule is CC(C)C(C(=O)NC1CCC(N)CC1)c1ccccc1.Cl. The van der Waals surface area contributed by atoms with E-state index in [9.17, 15) is 4.79 Å². The van der Waals surface area contributed by atoms with Gasteiger partial charge in [0.2, 0.25) is 5.91 Å². The van der Waals surface area contributed by atoms with Gasteiger partial charge >= 0.3 is 0 Å². The molecular formula is C17H27ClN2O. The molecule has 0 aliphatic heterocycles. The second-order valence-electron chi connectivity index (χ2n) is 6.25. The van der Waals surface area contributed by atoms with Gasteiger partial charge in [0.05, 0.1) is 5.92 Å². The molecule has 4 heteroatoms. The molecule has 1 fully saturated rings. The van der Waals surface area contributed by atoms with Crippen LogP contribution in [0.2, 0.25) is 0 Å². The van der Waals surface area contributed by atoms with E-state index in [1.807, 2.05) is 30.3 Å². The van der Waals surface area contributed by atoms with Gasteiger partial charge in [-0.2, -0.15) is 0 Å². The van der Waals surface area contributed by atoms with Crippen LogP contribution in [0.15, 0.2) is 30.3 Å². The van der Waals surface area contributed by atoms with Crippen LogP contribution in [0.25, 0.3) is 0 Å². The summed E-state index contributed by atoms with van der Waals surface area (Å²) in [7, 11) is 0. The lowest BCUT2D eigenvalue weighted by Gasteiger charge is -2.29. The summed E-state index contributed by atoms with van der Waals surface area (Å²) in [5.41, 5.74) is 7.02. The quantitative estimate of drug-likeness (QED) is 0.897. The molecule has 2 rings (SSSR count). The summed E-state index contributed by atoms with van der Waals surface area (Å²) in [6, 6.07) is 10.7. The molecule has 21 heavy (non-hydrogen) atoms. The summed E-state index contributed by atoms with van der Waals surface area (Å²) >= 11 is 0. The Labute approximate surface area is 134 Å². The van der Waals surface area contributed by atoms with E-state index in [2.05, 4.69) is 19.2 Å². The number of carbonyl (C=O) groups is 1. The first-order valence-electron chi connectivity index (χ1n) is 7.69. The van der Waals surface area contributed by atoms with Crippen LogP contribution in [0, 0.1) is 5.92 Å². The van der Waals surface area contributed by atoms with Crippen molar-refractivity contribution >= 4 is 18.3 Å². The molecule has 1 aromatic rings. The Kier molecular flexibility index (Phi) is 7.20. The number of rotatable bonds is 4. The third-order valence-corrected chi connectivity index (χ3v) is 4.23. The standard InChI is InChI=1S/C17H26N2O.ClH/c1-12(2)16(13-6-4-3-5-7-13)17(20)19-15-10-8-14(18)9-11-15;/h3-7,12,14-16H,8-11,18H2,1-2H3,(H,19,20);1H. The average molecular weight is 311 g/mol. The van der Waals surface area contributed by atoms with Crippen LogP contribution in [-0.2, 0) is 4.79 Å². The molecule has 0 spiro atoms. The fourth-order valence-corrected chi connectivity index (χ4v) is 3.05. The maximum absolute atomic E-state index is 12.6. The lowest BCUT2D eigenvalue weighted by Crippen LogP contribution is -2.43. The van der Waals surface area contributed by atoms with Crippen LogP contribution in [0.4, 0.5) is 0 Å². The van der Waals surface area contributed by atoms with Gasteiger partial charge in [0, 0.05) is 12.1 Å². The number of nitrogens with two attached hydrogens (primary N) is 1. The van der Waals surface area contributed by atoms with Gasteiger partial charge in [-0.25, -0.2) is 0 Å². The van der Waals surface area contributed by atoms with Crippen LogP contribution in [0.5, 0.6) is 0 Å². The second-order valence-corrected chi connectivity index (χ2v) is 6.25. The number of amides is 1. The summed E-state index contributed by atoms with van der Waals surface area (Å²) in [6.45, 7) is 4.21. The van der Waals surface area contributed by atoms with Crippen molar-refractivity contribution in [1.29, 1.82) is 0 Å². The van der Waals surface area contributed by atoms with Gasteiger partial charge < -0.3 is 11.1 Å². The van der Waals surface area contributed by atoms with Gasteiger partial charge in [0.25, 0.3) is 0 Å². The molecule has 3 N–H and O–H groups in total. The summed E-state index contributed by atoms with van der Waals surface area (Å²) < 4.78 is 0. The van der Waals surface area contributed by atoms with E-state index in [0.29, 0.717) is 18.0 Å². The predicted molar refractivity (Wildman–Crippen MR) is 89.6 cm³/mol. The van der Waals surface area contributed by atoms with Crippen molar-refractivity contribution in [3.63, 3.8) is 0 Å². The zero-order valence-corrected chi connectivity index (χ0v) is 13.7. The minimum Gasteiger partial charge on any atom is -0.353 e. The molecule has 0 heterocycles. The number of hydrogen-bond acceptors (Lipinski definition) is 2. The minimum absolute atomic E-state index is 0. The molecule has 118 valence electrons. The van der Waals surface area contributed by atoms with E-state index in [4.69, 9.17) is 5.73 Å². The van der Waals surface area contributed by atoms with Crippen molar-refractivity contribution < 1.29 is 4.79 Å². The molecule has 0 saturated heterocycles. The van der Waals surface area contributed by atoms with Gasteiger partial charge in [-0.15, -0.1) is 12.4 Å². The van der Waals surface area contributed by atoms with Gasteiger partial charge in [-0.05, 0) is 37.2 Å². The van der Waals surface area contributed by atoms with Crippen LogP contribution in [-0.4, -0.2) is 18.0 Å². The van der Waals surface area contributed by atoms with Crippen molar-refractivity contribution in [2.45, 2.75) is 57.5 Å². The Bertz CT molecular complexity index is 428. The lowest BCUT2D eigenvalue weighted by atomic mass is 9.86. The molecule has 1 atom stereocenters. The summed E-state index contributed by atoms with van der Waals surface area (Å²) in [5, 5.41) is 3.22. The summed E-state index contributed by atoms with van der Waals surface area (Å²) in [6.07, 6.45) is 4.05. The first-order chi connectivity index (χ1) is 9.58. The summed E-state index contributed by atoms with van der Waals surface area (Å²) in [4.78, 5) is 12.6. The third-order valence-electron chi connectivity index (χ3n) is 4.23. The molecule has 1 unspecified atom stereocenters. The van der Waals surface area contributed by atoms with Crippen LogP contribution in [0.1, 0.15) is 51.0 Å². The molecule has 1 aliphatic carbocycles. The van der Waals surface area contributed by atoms with Crippen LogP contribution >= 0.6 is 12.4 Å². The monoisotopic (exact) mass is 310 g/mol.